The summed E-state index contributed by atoms with van der Waals surface area (Å²) in [6.45, 7) is 1.90. The van der Waals surface area contributed by atoms with E-state index in [2.05, 4.69) is 5.43 Å². The van der Waals surface area contributed by atoms with Gasteiger partial charge >= 0.3 is 12.3 Å². The number of amides is 1. The fourth-order valence-corrected chi connectivity index (χ4v) is 0.825. The van der Waals surface area contributed by atoms with Gasteiger partial charge in [-0.3, -0.25) is 15.6 Å². The Bertz CT molecular complexity index is 311. The summed E-state index contributed by atoms with van der Waals surface area (Å²) in [5, 5.41) is 0. The molecule has 0 heterocycles. The van der Waals surface area contributed by atoms with Gasteiger partial charge in [0.25, 0.3) is 0 Å². The molecule has 0 aromatic heterocycles. The van der Waals surface area contributed by atoms with E-state index in [0.29, 0.717) is 5.69 Å². The lowest BCUT2D eigenvalue weighted by Gasteiger charge is -2.07. The van der Waals surface area contributed by atoms with Crippen LogP contribution in [0.5, 0.6) is 0 Å². The fraction of sp³-hybridized carbons (Fsp3) is 0.222. The Morgan fingerprint density at radius 1 is 1.29 bits per heavy atom. The smallest absolute Gasteiger partial charge is 0.298 e. The first-order chi connectivity index (χ1) is 6.59. The molecule has 0 aliphatic rings. The van der Waals surface area contributed by atoms with Gasteiger partial charge in [-0.05, 0) is 19.1 Å². The third-order valence-corrected chi connectivity index (χ3v) is 1.58. The number of carbonyl (C=O) groups is 1. The molecule has 5 heteroatoms. The molecule has 1 aromatic rings. The van der Waals surface area contributed by atoms with E-state index in [-0.39, 0.29) is 0 Å². The topological polar surface area (TPSA) is 41.1 Å². The highest BCUT2D eigenvalue weighted by Gasteiger charge is 2.13. The van der Waals surface area contributed by atoms with Gasteiger partial charge in [-0.25, -0.2) is 0 Å². The van der Waals surface area contributed by atoms with Crippen LogP contribution in [0, 0.1) is 6.92 Å². The lowest BCUT2D eigenvalue weighted by Crippen LogP contribution is -2.34. The molecule has 2 N–H and O–H groups in total. The average molecular weight is 200 g/mol. The second-order valence-electron chi connectivity index (χ2n) is 2.78. The molecule has 3 nitrogen and oxygen atoms in total. The number of carbonyl (C=O) groups excluding carboxylic acids is 1. The van der Waals surface area contributed by atoms with Crippen LogP contribution in [-0.2, 0) is 4.79 Å². The maximum absolute atomic E-state index is 11.7. The summed E-state index contributed by atoms with van der Waals surface area (Å²) >= 11 is 0. The zero-order valence-corrected chi connectivity index (χ0v) is 7.55. The molecule has 0 aliphatic heterocycles. The minimum atomic E-state index is -3.01. The molecule has 0 radical (unpaired) electrons. The van der Waals surface area contributed by atoms with Crippen molar-refractivity contribution in [1.29, 1.82) is 0 Å². The normalized spacial score (nSPS) is 10.0. The number of hydrogen-bond acceptors (Lipinski definition) is 2. The Balaban J connectivity index is 2.46. The molecule has 0 fully saturated rings. The lowest BCUT2D eigenvalue weighted by atomic mass is 10.2. The van der Waals surface area contributed by atoms with Crippen molar-refractivity contribution in [3.63, 3.8) is 0 Å². The number of hydrazine groups is 1. The van der Waals surface area contributed by atoms with Crippen molar-refractivity contribution in [2.45, 2.75) is 13.3 Å². The summed E-state index contributed by atoms with van der Waals surface area (Å²) in [7, 11) is 0. The van der Waals surface area contributed by atoms with Gasteiger partial charge in [-0.1, -0.05) is 17.7 Å². The van der Waals surface area contributed by atoms with Crippen LogP contribution >= 0.6 is 0 Å². The molecule has 0 aliphatic carbocycles. The Labute approximate surface area is 80.1 Å². The van der Waals surface area contributed by atoms with E-state index in [1.165, 1.54) is 0 Å². The van der Waals surface area contributed by atoms with Gasteiger partial charge in [0, 0.05) is 0 Å². The minimum Gasteiger partial charge on any atom is -0.298 e. The predicted molar refractivity (Wildman–Crippen MR) is 48.9 cm³/mol. The summed E-state index contributed by atoms with van der Waals surface area (Å²) in [6.07, 6.45) is -3.01. The standard InChI is InChI=1S/C9H10F2N2O/c1-6-2-4-7(5-3-6)12-13-9(14)8(10)11/h2-5,8,12H,1H3,(H,13,14). The Morgan fingerprint density at radius 2 is 1.86 bits per heavy atom. The minimum absolute atomic E-state index is 0.560. The summed E-state index contributed by atoms with van der Waals surface area (Å²) in [4.78, 5) is 10.5. The third kappa shape index (κ3) is 3.01. The summed E-state index contributed by atoms with van der Waals surface area (Å²) < 4.78 is 23.5. The first kappa shape index (κ1) is 10.4. The first-order valence-electron chi connectivity index (χ1n) is 4.00. The van der Waals surface area contributed by atoms with Crippen molar-refractivity contribution >= 4 is 11.6 Å². The number of hydrogen-bond donors (Lipinski definition) is 2. The van der Waals surface area contributed by atoms with E-state index < -0.39 is 12.3 Å². The van der Waals surface area contributed by atoms with Gasteiger partial charge in [0.1, 0.15) is 0 Å². The number of nitrogens with one attached hydrogen (secondary N) is 2. The van der Waals surface area contributed by atoms with E-state index >= 15 is 0 Å². The van der Waals surface area contributed by atoms with Crippen LogP contribution in [0.15, 0.2) is 24.3 Å². The Hall–Kier alpha value is -1.65. The van der Waals surface area contributed by atoms with E-state index in [4.69, 9.17) is 0 Å². The van der Waals surface area contributed by atoms with Crippen molar-refractivity contribution in [3.05, 3.63) is 29.8 Å². The van der Waals surface area contributed by atoms with Crippen LogP contribution in [0.3, 0.4) is 0 Å². The third-order valence-electron chi connectivity index (χ3n) is 1.58. The van der Waals surface area contributed by atoms with E-state index in [1.54, 1.807) is 24.3 Å². The molecule has 0 saturated heterocycles. The molecule has 0 saturated carbocycles. The molecule has 1 rings (SSSR count). The molecule has 0 unspecified atom stereocenters. The first-order valence-corrected chi connectivity index (χ1v) is 4.00. The van der Waals surface area contributed by atoms with Crippen LogP contribution in [0.4, 0.5) is 14.5 Å². The Morgan fingerprint density at radius 3 is 2.36 bits per heavy atom. The van der Waals surface area contributed by atoms with E-state index in [0.717, 1.165) is 5.56 Å². The van der Waals surface area contributed by atoms with Crippen molar-refractivity contribution in [2.75, 3.05) is 5.43 Å². The molecular weight excluding hydrogens is 190 g/mol. The zero-order chi connectivity index (χ0) is 10.6. The number of anilines is 1. The van der Waals surface area contributed by atoms with Crippen LogP contribution in [0.25, 0.3) is 0 Å². The van der Waals surface area contributed by atoms with Gasteiger partial charge in [0.05, 0.1) is 5.69 Å². The molecule has 76 valence electrons. The summed E-state index contributed by atoms with van der Waals surface area (Å²) in [5.41, 5.74) is 5.86. The van der Waals surface area contributed by atoms with Crippen LogP contribution in [-0.4, -0.2) is 12.3 Å². The maximum atomic E-state index is 11.7. The highest BCUT2D eigenvalue weighted by Crippen LogP contribution is 2.06. The van der Waals surface area contributed by atoms with E-state index in [9.17, 15) is 13.6 Å². The number of halogens is 2. The van der Waals surface area contributed by atoms with Crippen LogP contribution in [0.2, 0.25) is 0 Å². The van der Waals surface area contributed by atoms with E-state index in [1.807, 2.05) is 12.3 Å². The SMILES string of the molecule is Cc1ccc(NNC(=O)C(F)F)cc1. The number of aryl methyl sites for hydroxylation is 1. The van der Waals surface area contributed by atoms with Gasteiger partial charge < -0.3 is 0 Å². The lowest BCUT2D eigenvalue weighted by molar-refractivity contribution is -0.131. The van der Waals surface area contributed by atoms with Crippen LogP contribution < -0.4 is 10.9 Å². The molecule has 0 bridgehead atoms. The van der Waals surface area contributed by atoms with Crippen molar-refractivity contribution in [3.8, 4) is 0 Å². The summed E-state index contributed by atoms with van der Waals surface area (Å²) in [6, 6.07) is 6.97. The van der Waals surface area contributed by atoms with Gasteiger partial charge in [-0.15, -0.1) is 0 Å². The maximum Gasteiger partial charge on any atom is 0.317 e. The number of rotatable bonds is 3. The predicted octanol–water partition coefficient (Wildman–Crippen LogP) is 1.70. The number of alkyl halides is 2. The fourth-order valence-electron chi connectivity index (χ4n) is 0.825. The molecular formula is C9H10F2N2O. The average Bonchev–Trinajstić information content (AvgIpc) is 2.16. The quantitative estimate of drug-likeness (QED) is 0.729. The highest BCUT2D eigenvalue weighted by molar-refractivity contribution is 5.80. The van der Waals surface area contributed by atoms with Crippen molar-refractivity contribution in [1.82, 2.24) is 5.43 Å². The molecule has 14 heavy (non-hydrogen) atoms. The molecule has 0 atom stereocenters. The largest absolute Gasteiger partial charge is 0.317 e. The second-order valence-corrected chi connectivity index (χ2v) is 2.78. The van der Waals surface area contributed by atoms with Crippen molar-refractivity contribution in [2.24, 2.45) is 0 Å². The van der Waals surface area contributed by atoms with Gasteiger partial charge in [0.2, 0.25) is 0 Å². The van der Waals surface area contributed by atoms with Gasteiger partial charge in [-0.2, -0.15) is 8.78 Å². The Kier molecular flexibility index (Phi) is 3.39. The van der Waals surface area contributed by atoms with Crippen molar-refractivity contribution < 1.29 is 13.6 Å². The van der Waals surface area contributed by atoms with Crippen LogP contribution in [0.1, 0.15) is 5.56 Å². The summed E-state index contributed by atoms with van der Waals surface area (Å²) in [5.74, 6) is -1.34. The monoisotopic (exact) mass is 200 g/mol. The second kappa shape index (κ2) is 4.55. The zero-order valence-electron chi connectivity index (χ0n) is 7.55. The molecule has 0 spiro atoms. The van der Waals surface area contributed by atoms with Gasteiger partial charge in [0.15, 0.2) is 0 Å². The number of benzene rings is 1. The molecule has 1 amide bonds. The molecule has 1 aromatic carbocycles. The highest BCUT2D eigenvalue weighted by atomic mass is 19.3.